The third kappa shape index (κ3) is 3.38. The van der Waals surface area contributed by atoms with Crippen molar-refractivity contribution in [3.05, 3.63) is 30.5 Å². The first-order valence-corrected chi connectivity index (χ1v) is 7.21. The first kappa shape index (κ1) is 13.7. The van der Waals surface area contributed by atoms with Crippen molar-refractivity contribution in [3.8, 4) is 16.9 Å². The summed E-state index contributed by atoms with van der Waals surface area (Å²) in [7, 11) is 0. The molecule has 2 aromatic rings. The lowest BCUT2D eigenvalue weighted by molar-refractivity contribution is 0.340. The van der Waals surface area contributed by atoms with Gasteiger partial charge in [0.1, 0.15) is 11.6 Å². The molecule has 0 spiro atoms. The predicted molar refractivity (Wildman–Crippen MR) is 79.4 cm³/mol. The summed E-state index contributed by atoms with van der Waals surface area (Å²) in [6.45, 7) is 4.68. The fourth-order valence-electron chi connectivity index (χ4n) is 1.70. The molecule has 1 aromatic heterocycles. The number of ether oxygens (including phenoxy) is 1. The quantitative estimate of drug-likeness (QED) is 0.670. The van der Waals surface area contributed by atoms with Gasteiger partial charge in [0, 0.05) is 11.8 Å². The fourth-order valence-corrected chi connectivity index (χ4v) is 2.24. The van der Waals surface area contributed by atoms with Gasteiger partial charge in [-0.3, -0.25) is 0 Å². The van der Waals surface area contributed by atoms with Crippen molar-refractivity contribution in [1.29, 1.82) is 0 Å². The van der Waals surface area contributed by atoms with E-state index in [2.05, 4.69) is 16.9 Å². The van der Waals surface area contributed by atoms with Crippen LogP contribution in [-0.4, -0.2) is 22.3 Å². The average Bonchev–Trinajstić information content (AvgIpc) is 2.41. The molecule has 19 heavy (non-hydrogen) atoms. The van der Waals surface area contributed by atoms with Gasteiger partial charge in [0.25, 0.3) is 0 Å². The van der Waals surface area contributed by atoms with E-state index in [0.29, 0.717) is 12.4 Å². The van der Waals surface area contributed by atoms with Crippen molar-refractivity contribution in [2.24, 2.45) is 0 Å². The van der Waals surface area contributed by atoms with Crippen molar-refractivity contribution < 1.29 is 4.74 Å². The molecule has 0 fully saturated rings. The van der Waals surface area contributed by atoms with Crippen LogP contribution in [0.3, 0.4) is 0 Å². The number of benzene rings is 1. The van der Waals surface area contributed by atoms with E-state index in [1.54, 1.807) is 18.0 Å². The van der Waals surface area contributed by atoms with Gasteiger partial charge in [-0.1, -0.05) is 30.8 Å². The van der Waals surface area contributed by atoms with Gasteiger partial charge in [-0.15, -0.1) is 0 Å². The van der Waals surface area contributed by atoms with Gasteiger partial charge in [-0.25, -0.2) is 9.97 Å². The Balaban J connectivity index is 2.25. The molecule has 2 N–H and O–H groups in total. The van der Waals surface area contributed by atoms with E-state index < -0.39 is 0 Å². The molecule has 0 unspecified atom stereocenters. The van der Waals surface area contributed by atoms with E-state index in [1.165, 1.54) is 0 Å². The maximum absolute atomic E-state index is 5.98. The summed E-state index contributed by atoms with van der Waals surface area (Å²) >= 11 is 1.58. The standard InChI is InChI=1S/C14H17N3OS/c1-3-18-11-7-5-10(6-8-11)12-9-16-14(19-4-2)17-13(12)15/h5-9H,3-4H2,1-2H3,(H2,15,16,17). The van der Waals surface area contributed by atoms with Crippen molar-refractivity contribution in [2.75, 3.05) is 18.1 Å². The molecule has 100 valence electrons. The maximum Gasteiger partial charge on any atom is 0.189 e. The second kappa shape index (κ2) is 6.43. The summed E-state index contributed by atoms with van der Waals surface area (Å²) in [5.74, 6) is 2.29. The number of hydrogen-bond donors (Lipinski definition) is 1. The van der Waals surface area contributed by atoms with Crippen LogP contribution in [0.2, 0.25) is 0 Å². The Morgan fingerprint density at radius 3 is 2.53 bits per heavy atom. The van der Waals surface area contributed by atoms with Crippen LogP contribution in [0, 0.1) is 0 Å². The van der Waals surface area contributed by atoms with Gasteiger partial charge < -0.3 is 10.5 Å². The Hall–Kier alpha value is -1.75. The maximum atomic E-state index is 5.98. The van der Waals surface area contributed by atoms with Crippen molar-refractivity contribution in [2.45, 2.75) is 19.0 Å². The van der Waals surface area contributed by atoms with Crippen LogP contribution >= 0.6 is 11.8 Å². The van der Waals surface area contributed by atoms with Gasteiger partial charge in [0.05, 0.1) is 6.61 Å². The Kier molecular flexibility index (Phi) is 4.63. The van der Waals surface area contributed by atoms with Crippen molar-refractivity contribution in [3.63, 3.8) is 0 Å². The molecule has 0 aliphatic carbocycles. The lowest BCUT2D eigenvalue weighted by Gasteiger charge is -2.07. The molecular weight excluding hydrogens is 258 g/mol. The minimum atomic E-state index is 0.509. The molecule has 0 amide bonds. The van der Waals surface area contributed by atoms with Crippen molar-refractivity contribution >= 4 is 17.6 Å². The SMILES string of the molecule is CCOc1ccc(-c2cnc(SCC)nc2N)cc1. The Bertz CT molecular complexity index is 543. The highest BCUT2D eigenvalue weighted by Crippen LogP contribution is 2.27. The Labute approximate surface area is 117 Å². The summed E-state index contributed by atoms with van der Waals surface area (Å²) in [6.07, 6.45) is 1.77. The molecule has 0 aliphatic rings. The Morgan fingerprint density at radius 1 is 1.21 bits per heavy atom. The molecule has 0 bridgehead atoms. The first-order valence-electron chi connectivity index (χ1n) is 6.23. The minimum absolute atomic E-state index is 0.509. The Morgan fingerprint density at radius 2 is 1.95 bits per heavy atom. The molecule has 0 radical (unpaired) electrons. The molecule has 5 heteroatoms. The number of nitrogens with zero attached hydrogens (tertiary/aromatic N) is 2. The lowest BCUT2D eigenvalue weighted by atomic mass is 10.1. The van der Waals surface area contributed by atoms with Crippen LogP contribution < -0.4 is 10.5 Å². The number of rotatable bonds is 5. The highest BCUT2D eigenvalue weighted by Gasteiger charge is 2.07. The van der Waals surface area contributed by atoms with E-state index in [0.717, 1.165) is 27.8 Å². The van der Waals surface area contributed by atoms with E-state index in [1.807, 2.05) is 31.2 Å². The predicted octanol–water partition coefficient (Wildman–Crippen LogP) is 3.24. The van der Waals surface area contributed by atoms with Gasteiger partial charge in [0.2, 0.25) is 0 Å². The van der Waals surface area contributed by atoms with Gasteiger partial charge in [-0.05, 0) is 30.4 Å². The molecule has 2 rings (SSSR count). The number of thioether (sulfide) groups is 1. The summed E-state index contributed by atoms with van der Waals surface area (Å²) < 4.78 is 5.41. The van der Waals surface area contributed by atoms with E-state index in [4.69, 9.17) is 10.5 Å². The summed E-state index contributed by atoms with van der Waals surface area (Å²) in [5, 5.41) is 0.717. The second-order valence-corrected chi connectivity index (χ2v) is 5.07. The molecule has 0 saturated heterocycles. The summed E-state index contributed by atoms with van der Waals surface area (Å²) in [6, 6.07) is 7.78. The fraction of sp³-hybridized carbons (Fsp3) is 0.286. The monoisotopic (exact) mass is 275 g/mol. The normalized spacial score (nSPS) is 10.4. The summed E-state index contributed by atoms with van der Waals surface area (Å²) in [5.41, 5.74) is 7.83. The topological polar surface area (TPSA) is 61.0 Å². The van der Waals surface area contributed by atoms with Gasteiger partial charge in [-0.2, -0.15) is 0 Å². The zero-order valence-corrected chi connectivity index (χ0v) is 11.9. The van der Waals surface area contributed by atoms with Crippen LogP contribution in [0.1, 0.15) is 13.8 Å². The minimum Gasteiger partial charge on any atom is -0.494 e. The molecular formula is C14H17N3OS. The first-order chi connectivity index (χ1) is 9.24. The van der Waals surface area contributed by atoms with Crippen LogP contribution in [0.15, 0.2) is 35.6 Å². The smallest absolute Gasteiger partial charge is 0.189 e. The van der Waals surface area contributed by atoms with Crippen LogP contribution in [-0.2, 0) is 0 Å². The van der Waals surface area contributed by atoms with E-state index in [9.17, 15) is 0 Å². The van der Waals surface area contributed by atoms with Crippen molar-refractivity contribution in [1.82, 2.24) is 9.97 Å². The number of anilines is 1. The number of nitrogens with two attached hydrogens (primary N) is 1. The highest BCUT2D eigenvalue weighted by atomic mass is 32.2. The number of nitrogen functional groups attached to an aromatic ring is 1. The molecule has 4 nitrogen and oxygen atoms in total. The molecule has 0 atom stereocenters. The molecule has 0 aliphatic heterocycles. The molecule has 1 heterocycles. The van der Waals surface area contributed by atoms with E-state index >= 15 is 0 Å². The lowest BCUT2D eigenvalue weighted by Crippen LogP contribution is -1.98. The van der Waals surface area contributed by atoms with Gasteiger partial charge in [0.15, 0.2) is 5.16 Å². The zero-order valence-electron chi connectivity index (χ0n) is 11.1. The zero-order chi connectivity index (χ0) is 13.7. The summed E-state index contributed by atoms with van der Waals surface area (Å²) in [4.78, 5) is 8.60. The third-order valence-corrected chi connectivity index (χ3v) is 3.29. The van der Waals surface area contributed by atoms with Crippen LogP contribution in [0.25, 0.3) is 11.1 Å². The van der Waals surface area contributed by atoms with Gasteiger partial charge >= 0.3 is 0 Å². The number of hydrogen-bond acceptors (Lipinski definition) is 5. The van der Waals surface area contributed by atoms with Crippen LogP contribution in [0.4, 0.5) is 5.82 Å². The van der Waals surface area contributed by atoms with Crippen LogP contribution in [0.5, 0.6) is 5.75 Å². The molecule has 0 saturated carbocycles. The largest absolute Gasteiger partial charge is 0.494 e. The second-order valence-electron chi connectivity index (χ2n) is 3.84. The third-order valence-electron chi connectivity index (χ3n) is 2.55. The van der Waals surface area contributed by atoms with E-state index in [-0.39, 0.29) is 0 Å². The average molecular weight is 275 g/mol. The highest BCUT2D eigenvalue weighted by molar-refractivity contribution is 7.99. The number of aromatic nitrogens is 2. The molecule has 1 aromatic carbocycles.